The number of aromatic nitrogens is 3. The van der Waals surface area contributed by atoms with E-state index in [1.807, 2.05) is 24.3 Å². The van der Waals surface area contributed by atoms with Crippen LogP contribution in [0, 0.1) is 11.7 Å². The summed E-state index contributed by atoms with van der Waals surface area (Å²) in [5.74, 6) is 0.524. The van der Waals surface area contributed by atoms with E-state index in [-0.39, 0.29) is 40.7 Å². The van der Waals surface area contributed by atoms with Crippen molar-refractivity contribution in [3.63, 3.8) is 0 Å². The maximum absolute atomic E-state index is 16.4. The number of hydrogen-bond donors (Lipinski definition) is 3. The van der Waals surface area contributed by atoms with Gasteiger partial charge in [0.2, 0.25) is 0 Å². The van der Waals surface area contributed by atoms with Crippen molar-refractivity contribution in [3.8, 4) is 23.0 Å². The molecule has 8 rings (SSSR count). The lowest BCUT2D eigenvalue weighted by atomic mass is 9.95. The molecule has 8 nitrogen and oxygen atoms in total. The number of phenols is 1. The van der Waals surface area contributed by atoms with E-state index < -0.39 is 12.0 Å². The number of rotatable bonds is 7. The number of piperidine rings is 1. The molecule has 10 heteroatoms. The van der Waals surface area contributed by atoms with Crippen LogP contribution in [0.4, 0.5) is 14.6 Å². The quantitative estimate of drug-likeness (QED) is 0.298. The van der Waals surface area contributed by atoms with Crippen LogP contribution in [-0.4, -0.2) is 75.0 Å². The van der Waals surface area contributed by atoms with Crippen LogP contribution in [-0.2, 0) is 0 Å². The molecule has 4 aliphatic rings. The number of nitrogens with zero attached hydrogens (tertiary/aromatic N) is 4. The van der Waals surface area contributed by atoms with E-state index in [4.69, 9.17) is 4.74 Å². The predicted octanol–water partition coefficient (Wildman–Crippen LogP) is 4.81. The van der Waals surface area contributed by atoms with Gasteiger partial charge in [-0.25, -0.2) is 8.78 Å². The van der Waals surface area contributed by atoms with E-state index in [2.05, 4.69) is 30.5 Å². The molecule has 3 aliphatic heterocycles. The molecule has 0 amide bonds. The van der Waals surface area contributed by atoms with Crippen molar-refractivity contribution >= 4 is 27.5 Å². The van der Waals surface area contributed by atoms with E-state index in [9.17, 15) is 9.50 Å². The van der Waals surface area contributed by atoms with Gasteiger partial charge in [0.25, 0.3) is 0 Å². The maximum atomic E-state index is 16.4. The number of pyridine rings is 1. The monoisotopic (exact) mass is 558 g/mol. The Labute approximate surface area is 236 Å². The molecular weight excluding hydrogens is 526 g/mol. The Morgan fingerprint density at radius 2 is 2.07 bits per heavy atom. The average Bonchev–Trinajstić information content (AvgIpc) is 3.20. The number of phenolic OH excluding ortho intramolecular Hbond substituents is 1. The Morgan fingerprint density at radius 3 is 2.93 bits per heavy atom. The summed E-state index contributed by atoms with van der Waals surface area (Å²) in [6.07, 6.45) is 5.26. The van der Waals surface area contributed by atoms with Crippen molar-refractivity contribution in [1.82, 2.24) is 25.2 Å². The van der Waals surface area contributed by atoms with Gasteiger partial charge >= 0.3 is 6.01 Å². The van der Waals surface area contributed by atoms with Gasteiger partial charge in [-0.15, -0.1) is 0 Å². The third-order valence-corrected chi connectivity index (χ3v) is 9.77. The van der Waals surface area contributed by atoms with Crippen LogP contribution in [0.2, 0.25) is 0 Å². The molecule has 3 N–H and O–H groups in total. The second-order valence-electron chi connectivity index (χ2n) is 12.2. The number of hydrogen-bond acceptors (Lipinski definition) is 8. The second-order valence-corrected chi connectivity index (χ2v) is 12.2. The van der Waals surface area contributed by atoms with Gasteiger partial charge < -0.3 is 20.5 Å². The SMILES string of the molecule is Oc1cc(-c2ncc3c(NC[C@]45C[C@H]4CCN5)nc(OC[C@@]45CCCN4C[C@H](F)C5)nc3c2F)c2ccccc2c1. The lowest BCUT2D eigenvalue weighted by Gasteiger charge is -2.30. The molecule has 0 unspecified atom stereocenters. The van der Waals surface area contributed by atoms with E-state index in [1.54, 1.807) is 12.3 Å². The Kier molecular flexibility index (Phi) is 5.63. The number of benzene rings is 2. The fourth-order valence-corrected chi connectivity index (χ4v) is 7.55. The van der Waals surface area contributed by atoms with Crippen LogP contribution in [0.5, 0.6) is 11.8 Å². The first-order valence-electron chi connectivity index (χ1n) is 14.5. The van der Waals surface area contributed by atoms with Crippen LogP contribution in [0.1, 0.15) is 32.1 Å². The van der Waals surface area contributed by atoms with Crippen LogP contribution < -0.4 is 15.4 Å². The largest absolute Gasteiger partial charge is 0.508 e. The second kappa shape index (κ2) is 9.19. The van der Waals surface area contributed by atoms with Crippen molar-refractivity contribution in [2.45, 2.75) is 49.4 Å². The Hall–Kier alpha value is -3.63. The summed E-state index contributed by atoms with van der Waals surface area (Å²) in [5, 5.41) is 19.5. The molecule has 1 saturated carbocycles. The summed E-state index contributed by atoms with van der Waals surface area (Å²) in [6, 6.07) is 10.7. The van der Waals surface area contributed by atoms with E-state index in [0.29, 0.717) is 42.2 Å². The van der Waals surface area contributed by atoms with Crippen molar-refractivity contribution < 1.29 is 18.6 Å². The standard InChI is InChI=1S/C31H32F2N6O2/c32-20-13-30(7-3-9-39(30)15-20)17-41-29-37-27-24(28(38-29)35-16-31-12-19(31)6-8-36-31)14-34-26(25(27)33)23-11-21(40)10-18-4-1-2-5-22(18)23/h1-2,4-5,10-11,14,19-20,36,40H,3,6-9,12-13,15-17H2,(H,35,37,38)/t19-,20-,30+,31-/m1/s1. The van der Waals surface area contributed by atoms with Crippen molar-refractivity contribution in [3.05, 3.63) is 48.4 Å². The molecule has 1 aliphatic carbocycles. The lowest BCUT2D eigenvalue weighted by Crippen LogP contribution is -2.43. The molecule has 2 aromatic heterocycles. The van der Waals surface area contributed by atoms with Crippen LogP contribution in [0.25, 0.3) is 32.9 Å². The first kappa shape index (κ1) is 25.1. The number of halogens is 2. The minimum absolute atomic E-state index is 0.0273. The van der Waals surface area contributed by atoms with Crippen LogP contribution in [0.15, 0.2) is 42.6 Å². The molecule has 0 bridgehead atoms. The summed E-state index contributed by atoms with van der Waals surface area (Å²) < 4.78 is 36.9. The highest BCUT2D eigenvalue weighted by atomic mass is 19.1. The zero-order valence-corrected chi connectivity index (χ0v) is 22.7. The molecule has 4 atom stereocenters. The highest BCUT2D eigenvalue weighted by Crippen LogP contribution is 2.49. The zero-order chi connectivity index (χ0) is 27.8. The molecule has 0 radical (unpaired) electrons. The van der Waals surface area contributed by atoms with Gasteiger partial charge in [0.15, 0.2) is 5.82 Å². The van der Waals surface area contributed by atoms with Gasteiger partial charge in [0.05, 0.1) is 10.9 Å². The van der Waals surface area contributed by atoms with Gasteiger partial charge in [0, 0.05) is 36.8 Å². The van der Waals surface area contributed by atoms with Gasteiger partial charge in [-0.3, -0.25) is 9.88 Å². The Bertz CT molecular complexity index is 1690. The number of anilines is 1. The maximum Gasteiger partial charge on any atom is 0.319 e. The number of nitrogens with one attached hydrogen (secondary N) is 2. The Morgan fingerprint density at radius 1 is 1.17 bits per heavy atom. The van der Waals surface area contributed by atoms with Crippen molar-refractivity contribution in [1.29, 1.82) is 0 Å². The lowest BCUT2D eigenvalue weighted by molar-refractivity contribution is 0.107. The minimum atomic E-state index is -0.874. The number of fused-ring (bicyclic) bond motifs is 4. The van der Waals surface area contributed by atoms with Gasteiger partial charge in [-0.2, -0.15) is 9.97 Å². The molecule has 41 heavy (non-hydrogen) atoms. The molecule has 212 valence electrons. The smallest absolute Gasteiger partial charge is 0.319 e. The molecule has 5 heterocycles. The highest BCUT2D eigenvalue weighted by molar-refractivity contribution is 5.99. The summed E-state index contributed by atoms with van der Waals surface area (Å²) >= 11 is 0. The third-order valence-electron chi connectivity index (χ3n) is 9.77. The number of alkyl halides is 1. The molecule has 4 fully saturated rings. The van der Waals surface area contributed by atoms with Crippen molar-refractivity contribution in [2.75, 3.05) is 38.1 Å². The van der Waals surface area contributed by atoms with Crippen molar-refractivity contribution in [2.24, 2.45) is 5.92 Å². The van der Waals surface area contributed by atoms with Crippen LogP contribution >= 0.6 is 0 Å². The molecule has 3 saturated heterocycles. The third kappa shape index (κ3) is 4.10. The average molecular weight is 559 g/mol. The summed E-state index contributed by atoms with van der Waals surface area (Å²) in [5.41, 5.74) is 0.339. The zero-order valence-electron chi connectivity index (χ0n) is 22.7. The van der Waals surface area contributed by atoms with E-state index >= 15 is 4.39 Å². The first-order chi connectivity index (χ1) is 19.9. The van der Waals surface area contributed by atoms with Crippen LogP contribution in [0.3, 0.4) is 0 Å². The highest BCUT2D eigenvalue weighted by Gasteiger charge is 2.56. The topological polar surface area (TPSA) is 95.4 Å². The predicted molar refractivity (Wildman–Crippen MR) is 152 cm³/mol. The minimum Gasteiger partial charge on any atom is -0.508 e. The fourth-order valence-electron chi connectivity index (χ4n) is 7.55. The number of aromatic hydroxyl groups is 1. The Balaban J connectivity index is 1.20. The first-order valence-corrected chi connectivity index (χ1v) is 14.5. The summed E-state index contributed by atoms with van der Waals surface area (Å²) in [6.45, 7) is 3.18. The molecule has 4 aromatic rings. The summed E-state index contributed by atoms with van der Waals surface area (Å²) in [7, 11) is 0. The summed E-state index contributed by atoms with van der Waals surface area (Å²) in [4.78, 5) is 15.9. The molecule has 2 aromatic carbocycles. The van der Waals surface area contributed by atoms with E-state index in [1.165, 1.54) is 6.07 Å². The fraction of sp³-hybridized carbons (Fsp3) is 0.452. The molecular formula is C31H32F2N6O2. The number of ether oxygens (including phenoxy) is 1. The normalized spacial score (nSPS) is 28.7. The van der Waals surface area contributed by atoms with E-state index in [0.717, 1.165) is 49.5 Å². The van der Waals surface area contributed by atoms with Gasteiger partial charge in [0.1, 0.15) is 35.6 Å². The van der Waals surface area contributed by atoms with Gasteiger partial charge in [-0.1, -0.05) is 24.3 Å². The van der Waals surface area contributed by atoms with Gasteiger partial charge in [-0.05, 0) is 67.6 Å². The molecule has 0 spiro atoms.